The van der Waals surface area contributed by atoms with E-state index in [1.807, 2.05) is 30.3 Å². The molecule has 7 nitrogen and oxygen atoms in total. The van der Waals surface area contributed by atoms with Gasteiger partial charge in [0.05, 0.1) is 26.2 Å². The third-order valence-corrected chi connectivity index (χ3v) is 3.95. The fourth-order valence-corrected chi connectivity index (χ4v) is 2.60. The minimum Gasteiger partial charge on any atom is -0.497 e. The molecule has 0 spiro atoms. The predicted molar refractivity (Wildman–Crippen MR) is 103 cm³/mol. The van der Waals surface area contributed by atoms with Gasteiger partial charge in [-0.05, 0) is 23.8 Å². The topological polar surface area (TPSA) is 87.0 Å². The van der Waals surface area contributed by atoms with Crippen LogP contribution in [0.2, 0.25) is 0 Å². The first-order valence-corrected chi connectivity index (χ1v) is 8.44. The zero-order chi connectivity index (χ0) is 19.9. The second kappa shape index (κ2) is 8.77. The van der Waals surface area contributed by atoms with Crippen LogP contribution in [0, 0.1) is 0 Å². The third kappa shape index (κ3) is 4.32. The van der Waals surface area contributed by atoms with Crippen molar-refractivity contribution in [2.45, 2.75) is 0 Å². The van der Waals surface area contributed by atoms with Crippen LogP contribution in [0.3, 0.4) is 0 Å². The van der Waals surface area contributed by atoms with E-state index in [0.717, 1.165) is 5.56 Å². The highest BCUT2D eigenvalue weighted by molar-refractivity contribution is 5.98. The van der Waals surface area contributed by atoms with E-state index < -0.39 is 18.5 Å². The zero-order valence-corrected chi connectivity index (χ0v) is 15.4. The van der Waals surface area contributed by atoms with E-state index in [4.69, 9.17) is 18.6 Å². The molecule has 1 amide bonds. The maximum atomic E-state index is 12.3. The lowest BCUT2D eigenvalue weighted by molar-refractivity contribution is -0.119. The minimum absolute atomic E-state index is 0.0426. The van der Waals surface area contributed by atoms with Crippen molar-refractivity contribution in [1.82, 2.24) is 0 Å². The zero-order valence-electron chi connectivity index (χ0n) is 15.4. The first-order chi connectivity index (χ1) is 13.6. The molecule has 0 atom stereocenters. The SMILES string of the molecule is COc1ccc(NC(=O)COC(=O)c2occc2-c2ccccc2)c(OC)c1. The van der Waals surface area contributed by atoms with E-state index in [9.17, 15) is 9.59 Å². The van der Waals surface area contributed by atoms with E-state index in [1.165, 1.54) is 20.5 Å². The molecule has 0 fully saturated rings. The van der Waals surface area contributed by atoms with E-state index in [-0.39, 0.29) is 5.76 Å². The van der Waals surface area contributed by atoms with Gasteiger partial charge in [0.25, 0.3) is 5.91 Å². The van der Waals surface area contributed by atoms with Crippen molar-refractivity contribution < 1.29 is 28.2 Å². The Morgan fingerprint density at radius 2 is 1.79 bits per heavy atom. The van der Waals surface area contributed by atoms with Crippen molar-refractivity contribution in [2.75, 3.05) is 26.1 Å². The van der Waals surface area contributed by atoms with E-state index >= 15 is 0 Å². The number of esters is 1. The van der Waals surface area contributed by atoms with Gasteiger partial charge in [0.1, 0.15) is 11.5 Å². The summed E-state index contributed by atoms with van der Waals surface area (Å²) in [6.45, 7) is -0.469. The number of rotatable bonds is 7. The van der Waals surface area contributed by atoms with E-state index in [1.54, 1.807) is 24.3 Å². The number of benzene rings is 2. The molecule has 1 aromatic heterocycles. The first kappa shape index (κ1) is 19.0. The van der Waals surface area contributed by atoms with Gasteiger partial charge in [-0.25, -0.2) is 4.79 Å². The highest BCUT2D eigenvalue weighted by Gasteiger charge is 2.19. The van der Waals surface area contributed by atoms with Crippen LogP contribution in [0.5, 0.6) is 11.5 Å². The summed E-state index contributed by atoms with van der Waals surface area (Å²) in [4.78, 5) is 24.5. The van der Waals surface area contributed by atoms with Crippen LogP contribution in [-0.4, -0.2) is 32.7 Å². The molecule has 0 saturated heterocycles. The summed E-state index contributed by atoms with van der Waals surface area (Å²) >= 11 is 0. The smallest absolute Gasteiger partial charge is 0.375 e. The number of carbonyl (C=O) groups is 2. The maximum Gasteiger partial charge on any atom is 0.375 e. The number of hydrogen-bond acceptors (Lipinski definition) is 6. The molecule has 0 aliphatic rings. The summed E-state index contributed by atoms with van der Waals surface area (Å²) in [7, 11) is 3.01. The molecule has 0 aliphatic heterocycles. The summed E-state index contributed by atoms with van der Waals surface area (Å²) in [5, 5.41) is 2.63. The van der Waals surface area contributed by atoms with Crippen molar-refractivity contribution in [2.24, 2.45) is 0 Å². The van der Waals surface area contributed by atoms with Crippen molar-refractivity contribution in [1.29, 1.82) is 0 Å². The third-order valence-electron chi connectivity index (χ3n) is 3.95. The number of anilines is 1. The largest absolute Gasteiger partial charge is 0.497 e. The lowest BCUT2D eigenvalue weighted by Gasteiger charge is -2.11. The molecule has 0 saturated carbocycles. The molecule has 3 aromatic rings. The molecule has 1 heterocycles. The first-order valence-electron chi connectivity index (χ1n) is 8.44. The fraction of sp³-hybridized carbons (Fsp3) is 0.143. The number of ether oxygens (including phenoxy) is 3. The Labute approximate surface area is 161 Å². The summed E-state index contributed by atoms with van der Waals surface area (Å²) in [6, 6.07) is 15.9. The molecule has 0 aliphatic carbocycles. The highest BCUT2D eigenvalue weighted by Crippen LogP contribution is 2.29. The summed E-state index contributed by atoms with van der Waals surface area (Å²) < 4.78 is 20.7. The number of hydrogen-bond donors (Lipinski definition) is 1. The Bertz CT molecular complexity index is 964. The Balaban J connectivity index is 1.63. The maximum absolute atomic E-state index is 12.3. The van der Waals surface area contributed by atoms with Crippen LogP contribution >= 0.6 is 0 Å². The Morgan fingerprint density at radius 1 is 1.00 bits per heavy atom. The fourth-order valence-electron chi connectivity index (χ4n) is 2.60. The van der Waals surface area contributed by atoms with Crippen molar-refractivity contribution in [3.63, 3.8) is 0 Å². The van der Waals surface area contributed by atoms with Gasteiger partial charge in [0.15, 0.2) is 6.61 Å². The average molecular weight is 381 g/mol. The minimum atomic E-state index is -0.722. The van der Waals surface area contributed by atoms with Crippen molar-refractivity contribution in [3.8, 4) is 22.6 Å². The van der Waals surface area contributed by atoms with Crippen LogP contribution in [0.25, 0.3) is 11.1 Å². The van der Waals surface area contributed by atoms with Crippen LogP contribution in [0.4, 0.5) is 5.69 Å². The number of nitrogens with one attached hydrogen (secondary N) is 1. The van der Waals surface area contributed by atoms with Crippen LogP contribution < -0.4 is 14.8 Å². The molecule has 144 valence electrons. The molecule has 28 heavy (non-hydrogen) atoms. The Hall–Kier alpha value is -3.74. The van der Waals surface area contributed by atoms with E-state index in [0.29, 0.717) is 22.7 Å². The van der Waals surface area contributed by atoms with Gasteiger partial charge >= 0.3 is 5.97 Å². The average Bonchev–Trinajstić information content (AvgIpc) is 3.23. The summed E-state index contributed by atoms with van der Waals surface area (Å²) in [5.41, 5.74) is 1.85. The molecule has 1 N–H and O–H groups in total. The van der Waals surface area contributed by atoms with Gasteiger partial charge in [0, 0.05) is 11.6 Å². The van der Waals surface area contributed by atoms with Gasteiger partial charge in [-0.3, -0.25) is 4.79 Å². The van der Waals surface area contributed by atoms with Crippen LogP contribution in [-0.2, 0) is 9.53 Å². The Kier molecular flexibility index (Phi) is 5.96. The normalized spacial score (nSPS) is 10.2. The number of carbonyl (C=O) groups excluding carboxylic acids is 2. The van der Waals surface area contributed by atoms with Gasteiger partial charge < -0.3 is 23.9 Å². The van der Waals surface area contributed by atoms with Gasteiger partial charge in [-0.2, -0.15) is 0 Å². The van der Waals surface area contributed by atoms with Gasteiger partial charge in [-0.1, -0.05) is 30.3 Å². The predicted octanol–water partition coefficient (Wildman–Crippen LogP) is 3.76. The molecule has 2 aromatic carbocycles. The molecule has 7 heteroatoms. The Morgan fingerprint density at radius 3 is 2.50 bits per heavy atom. The van der Waals surface area contributed by atoms with E-state index in [2.05, 4.69) is 5.32 Å². The highest BCUT2D eigenvalue weighted by atomic mass is 16.5. The van der Waals surface area contributed by atoms with Crippen LogP contribution in [0.15, 0.2) is 65.3 Å². The molecule has 3 rings (SSSR count). The molecular formula is C21H19NO6. The lowest BCUT2D eigenvalue weighted by Crippen LogP contribution is -2.21. The monoisotopic (exact) mass is 381 g/mol. The second-order valence-corrected chi connectivity index (χ2v) is 5.72. The molecular weight excluding hydrogens is 362 g/mol. The van der Waals surface area contributed by atoms with Gasteiger partial charge in [0.2, 0.25) is 5.76 Å². The quantitative estimate of drug-likeness (QED) is 0.627. The number of amides is 1. The molecule has 0 radical (unpaired) electrons. The summed E-state index contributed by atoms with van der Waals surface area (Å²) in [6.07, 6.45) is 1.40. The molecule has 0 unspecified atom stereocenters. The molecule has 0 bridgehead atoms. The van der Waals surface area contributed by atoms with Crippen molar-refractivity contribution >= 4 is 17.6 Å². The van der Waals surface area contributed by atoms with Crippen LogP contribution in [0.1, 0.15) is 10.6 Å². The van der Waals surface area contributed by atoms with Gasteiger partial charge in [-0.15, -0.1) is 0 Å². The lowest BCUT2D eigenvalue weighted by atomic mass is 10.1. The number of furan rings is 1. The number of methoxy groups -OCH3 is 2. The second-order valence-electron chi connectivity index (χ2n) is 5.72. The summed E-state index contributed by atoms with van der Waals surface area (Å²) in [5.74, 6) is -0.171. The van der Waals surface area contributed by atoms with Crippen molar-refractivity contribution in [3.05, 3.63) is 66.6 Å². The standard InChI is InChI=1S/C21H19NO6/c1-25-15-8-9-17(18(12-15)26-2)22-19(23)13-28-21(24)20-16(10-11-27-20)14-6-4-3-5-7-14/h3-12H,13H2,1-2H3,(H,22,23).